The zero-order chi connectivity index (χ0) is 11.7. The van der Waals surface area contributed by atoms with Gasteiger partial charge in [0.05, 0.1) is 30.8 Å². The first-order valence-corrected chi connectivity index (χ1v) is 5.15. The lowest BCUT2D eigenvalue weighted by Crippen LogP contribution is -2.24. The zero-order valence-electron chi connectivity index (χ0n) is 8.70. The van der Waals surface area contributed by atoms with Gasteiger partial charge in [-0.3, -0.25) is 9.59 Å². The molecule has 0 spiro atoms. The highest BCUT2D eigenvalue weighted by atomic mass is 35.5. The number of rotatable bonds is 2. The fourth-order valence-electron chi connectivity index (χ4n) is 1.64. The van der Waals surface area contributed by atoms with E-state index < -0.39 is 0 Å². The summed E-state index contributed by atoms with van der Waals surface area (Å²) in [4.78, 5) is 24.0. The monoisotopic (exact) mass is 239 g/mol. The van der Waals surface area contributed by atoms with Gasteiger partial charge in [-0.25, -0.2) is 0 Å². The number of carbonyl (C=O) groups is 2. The van der Waals surface area contributed by atoms with Crippen molar-refractivity contribution in [1.82, 2.24) is 0 Å². The predicted molar refractivity (Wildman–Crippen MR) is 60.0 cm³/mol. The maximum Gasteiger partial charge on any atom is 0.234 e. The molecule has 4 nitrogen and oxygen atoms in total. The van der Waals surface area contributed by atoms with Crippen molar-refractivity contribution < 1.29 is 14.3 Å². The number of Topliss-reactive ketones (excluding diaryl/α,β-unsaturated/α-hetero) is 1. The lowest BCUT2D eigenvalue weighted by Gasteiger charge is -2.16. The molecule has 0 aliphatic carbocycles. The number of halogens is 1. The van der Waals surface area contributed by atoms with Gasteiger partial charge < -0.3 is 9.64 Å². The number of carbonyl (C=O) groups excluding carboxylic acids is 2. The normalized spacial score (nSPS) is 15.8. The Labute approximate surface area is 97.7 Å². The highest BCUT2D eigenvalue weighted by Gasteiger charge is 2.29. The van der Waals surface area contributed by atoms with Crippen LogP contribution in [0.15, 0.2) is 18.2 Å². The van der Waals surface area contributed by atoms with Crippen molar-refractivity contribution in [2.45, 2.75) is 6.42 Å². The van der Waals surface area contributed by atoms with Gasteiger partial charge in [-0.15, -0.1) is 0 Å². The molecular formula is C11H10ClNO3. The number of hydrogen-bond acceptors (Lipinski definition) is 3. The number of hydrogen-bond donors (Lipinski definition) is 0. The van der Waals surface area contributed by atoms with Gasteiger partial charge in [0.25, 0.3) is 0 Å². The van der Waals surface area contributed by atoms with E-state index in [0.29, 0.717) is 16.5 Å². The van der Waals surface area contributed by atoms with E-state index in [-0.39, 0.29) is 24.7 Å². The Morgan fingerprint density at radius 2 is 2.12 bits per heavy atom. The molecule has 0 unspecified atom stereocenters. The molecule has 1 heterocycles. The summed E-state index contributed by atoms with van der Waals surface area (Å²) in [6, 6.07) is 5.00. The highest BCUT2D eigenvalue weighted by Crippen LogP contribution is 2.31. The van der Waals surface area contributed by atoms with Gasteiger partial charge in [0.2, 0.25) is 5.91 Å². The van der Waals surface area contributed by atoms with Crippen LogP contribution in [-0.4, -0.2) is 25.3 Å². The lowest BCUT2D eigenvalue weighted by molar-refractivity contribution is -0.121. The third-order valence-electron chi connectivity index (χ3n) is 2.43. The topological polar surface area (TPSA) is 46.6 Å². The van der Waals surface area contributed by atoms with Crippen LogP contribution in [0.3, 0.4) is 0 Å². The minimum Gasteiger partial charge on any atom is -0.497 e. The van der Waals surface area contributed by atoms with E-state index in [9.17, 15) is 9.59 Å². The second-order valence-corrected chi connectivity index (χ2v) is 3.92. The molecular weight excluding hydrogens is 230 g/mol. The Morgan fingerprint density at radius 3 is 2.62 bits per heavy atom. The van der Waals surface area contributed by atoms with Gasteiger partial charge >= 0.3 is 0 Å². The van der Waals surface area contributed by atoms with Crippen molar-refractivity contribution in [3.8, 4) is 5.75 Å². The largest absolute Gasteiger partial charge is 0.497 e. The van der Waals surface area contributed by atoms with Crippen LogP contribution in [0, 0.1) is 0 Å². The molecule has 1 amide bonds. The molecule has 84 valence electrons. The fourth-order valence-corrected chi connectivity index (χ4v) is 1.91. The molecule has 1 aromatic carbocycles. The van der Waals surface area contributed by atoms with Crippen LogP contribution in [0.1, 0.15) is 6.42 Å². The zero-order valence-corrected chi connectivity index (χ0v) is 9.45. The Bertz CT molecular complexity index is 459. The van der Waals surface area contributed by atoms with Crippen molar-refractivity contribution in [2.75, 3.05) is 18.6 Å². The number of ether oxygens (including phenoxy) is 1. The van der Waals surface area contributed by atoms with Gasteiger partial charge in [-0.2, -0.15) is 0 Å². The molecule has 2 rings (SSSR count). The Morgan fingerprint density at radius 1 is 1.38 bits per heavy atom. The van der Waals surface area contributed by atoms with E-state index in [4.69, 9.17) is 16.3 Å². The molecule has 0 N–H and O–H groups in total. The summed E-state index contributed by atoms with van der Waals surface area (Å²) in [6.07, 6.45) is -0.0393. The summed E-state index contributed by atoms with van der Waals surface area (Å²) < 4.78 is 5.01. The molecule has 1 saturated heterocycles. The van der Waals surface area contributed by atoms with Crippen LogP contribution in [0.2, 0.25) is 5.02 Å². The van der Waals surface area contributed by atoms with Crippen LogP contribution in [0.5, 0.6) is 5.75 Å². The summed E-state index contributed by atoms with van der Waals surface area (Å²) in [5.41, 5.74) is 0.554. The first-order valence-electron chi connectivity index (χ1n) is 4.77. The molecule has 0 atom stereocenters. The maximum atomic E-state index is 11.5. The van der Waals surface area contributed by atoms with Crippen molar-refractivity contribution in [3.63, 3.8) is 0 Å². The van der Waals surface area contributed by atoms with Crippen LogP contribution in [0.4, 0.5) is 5.69 Å². The average molecular weight is 240 g/mol. The SMILES string of the molecule is COc1ccc(N2CC(=O)CC2=O)c(Cl)c1. The molecule has 1 aliphatic rings. The minimum absolute atomic E-state index is 0.0393. The second kappa shape index (κ2) is 4.14. The number of benzene rings is 1. The fraction of sp³-hybridized carbons (Fsp3) is 0.273. The van der Waals surface area contributed by atoms with Crippen LogP contribution < -0.4 is 9.64 Å². The molecule has 1 aromatic rings. The minimum atomic E-state index is -0.211. The van der Waals surface area contributed by atoms with E-state index in [1.54, 1.807) is 18.2 Å². The van der Waals surface area contributed by atoms with Crippen LogP contribution in [0.25, 0.3) is 0 Å². The summed E-state index contributed by atoms with van der Waals surface area (Å²) in [6.45, 7) is 0.102. The number of nitrogens with zero attached hydrogens (tertiary/aromatic N) is 1. The molecule has 0 aromatic heterocycles. The summed E-state index contributed by atoms with van der Waals surface area (Å²) in [5.74, 6) is 0.320. The predicted octanol–water partition coefficient (Wildman–Crippen LogP) is 1.65. The standard InChI is InChI=1S/C11H10ClNO3/c1-16-8-2-3-10(9(12)5-8)13-6-7(14)4-11(13)15/h2-3,5H,4,6H2,1H3. The molecule has 1 fully saturated rings. The lowest BCUT2D eigenvalue weighted by atomic mass is 10.3. The number of methoxy groups -OCH3 is 1. The second-order valence-electron chi connectivity index (χ2n) is 3.51. The van der Waals surface area contributed by atoms with Gasteiger partial charge in [-0.1, -0.05) is 11.6 Å². The first kappa shape index (κ1) is 11.0. The Balaban J connectivity index is 2.34. The van der Waals surface area contributed by atoms with Gasteiger partial charge in [0.1, 0.15) is 5.75 Å². The van der Waals surface area contributed by atoms with Crippen molar-refractivity contribution in [1.29, 1.82) is 0 Å². The number of anilines is 1. The van der Waals surface area contributed by atoms with E-state index in [2.05, 4.69) is 0 Å². The van der Waals surface area contributed by atoms with E-state index in [0.717, 1.165) is 0 Å². The molecule has 5 heteroatoms. The van der Waals surface area contributed by atoms with Crippen molar-refractivity contribution in [2.24, 2.45) is 0 Å². The van der Waals surface area contributed by atoms with Crippen LogP contribution >= 0.6 is 11.6 Å². The number of ketones is 1. The van der Waals surface area contributed by atoms with Gasteiger partial charge in [0.15, 0.2) is 5.78 Å². The Hall–Kier alpha value is -1.55. The molecule has 1 aliphatic heterocycles. The smallest absolute Gasteiger partial charge is 0.234 e. The van der Waals surface area contributed by atoms with Crippen LogP contribution in [-0.2, 0) is 9.59 Å². The summed E-state index contributed by atoms with van der Waals surface area (Å²) >= 11 is 6.02. The number of amides is 1. The summed E-state index contributed by atoms with van der Waals surface area (Å²) in [7, 11) is 1.54. The van der Waals surface area contributed by atoms with Gasteiger partial charge in [-0.05, 0) is 12.1 Å². The first-order chi connectivity index (χ1) is 7.61. The maximum absolute atomic E-state index is 11.5. The third-order valence-corrected chi connectivity index (χ3v) is 2.73. The van der Waals surface area contributed by atoms with Gasteiger partial charge in [0, 0.05) is 6.07 Å². The van der Waals surface area contributed by atoms with E-state index >= 15 is 0 Å². The van der Waals surface area contributed by atoms with Crippen molar-refractivity contribution in [3.05, 3.63) is 23.2 Å². The van der Waals surface area contributed by atoms with Crippen molar-refractivity contribution >= 4 is 29.0 Å². The average Bonchev–Trinajstić information content (AvgIpc) is 2.57. The van der Waals surface area contributed by atoms with E-state index in [1.165, 1.54) is 12.0 Å². The Kier molecular flexibility index (Phi) is 2.83. The molecule has 0 bridgehead atoms. The quantitative estimate of drug-likeness (QED) is 0.738. The summed E-state index contributed by atoms with van der Waals surface area (Å²) in [5, 5.41) is 0.405. The molecule has 0 saturated carbocycles. The third kappa shape index (κ3) is 1.88. The van der Waals surface area contributed by atoms with E-state index in [1.807, 2.05) is 0 Å². The molecule has 16 heavy (non-hydrogen) atoms. The highest BCUT2D eigenvalue weighted by molar-refractivity contribution is 6.34. The molecule has 0 radical (unpaired) electrons.